The maximum atomic E-state index is 13.7. The third-order valence-electron chi connectivity index (χ3n) is 3.62. The van der Waals surface area contributed by atoms with Crippen LogP contribution in [0.5, 0.6) is 5.75 Å². The maximum absolute atomic E-state index is 13.7. The fraction of sp³-hybridized carbons (Fsp3) is 0.111. The molecule has 0 unspecified atom stereocenters. The van der Waals surface area contributed by atoms with E-state index in [4.69, 9.17) is 4.74 Å². The first-order chi connectivity index (χ1) is 12.0. The lowest BCUT2D eigenvalue weighted by Crippen LogP contribution is -2.14. The standard InChI is InChI=1S/C18H15F2N3O2/c1-11-9-17(21-18(24)15-8-3-12(19)10-16(15)20)22-23(11)13-4-6-14(25-2)7-5-13/h3-10H,1-2H3,(H,21,22,24). The molecule has 1 amide bonds. The van der Waals surface area contributed by atoms with Gasteiger partial charge in [-0.3, -0.25) is 4.79 Å². The Kier molecular flexibility index (Phi) is 4.47. The number of carbonyl (C=O) groups excluding carboxylic acids is 1. The van der Waals surface area contributed by atoms with Gasteiger partial charge in [0.15, 0.2) is 5.82 Å². The summed E-state index contributed by atoms with van der Waals surface area (Å²) in [6.07, 6.45) is 0. The molecular formula is C18H15F2N3O2. The molecule has 0 atom stereocenters. The van der Waals surface area contributed by atoms with Crippen LogP contribution in [0.4, 0.5) is 14.6 Å². The highest BCUT2D eigenvalue weighted by Gasteiger charge is 2.15. The number of carbonyl (C=O) groups is 1. The number of benzene rings is 2. The number of aryl methyl sites for hydroxylation is 1. The molecule has 1 heterocycles. The Bertz CT molecular complexity index is 921. The Morgan fingerprint density at radius 3 is 2.48 bits per heavy atom. The van der Waals surface area contributed by atoms with Crippen molar-refractivity contribution in [1.82, 2.24) is 9.78 Å². The van der Waals surface area contributed by atoms with Crippen LogP contribution in [0.3, 0.4) is 0 Å². The van der Waals surface area contributed by atoms with E-state index in [-0.39, 0.29) is 11.4 Å². The lowest BCUT2D eigenvalue weighted by Gasteiger charge is -2.06. The SMILES string of the molecule is COc1ccc(-n2nc(NC(=O)c3ccc(F)cc3F)cc2C)cc1. The molecule has 128 valence electrons. The highest BCUT2D eigenvalue weighted by molar-refractivity contribution is 6.03. The Labute approximate surface area is 142 Å². The van der Waals surface area contributed by atoms with Gasteiger partial charge in [0.1, 0.15) is 17.4 Å². The summed E-state index contributed by atoms with van der Waals surface area (Å²) in [6, 6.07) is 11.7. The second-order valence-electron chi connectivity index (χ2n) is 5.36. The molecule has 25 heavy (non-hydrogen) atoms. The number of halogens is 2. The van der Waals surface area contributed by atoms with E-state index in [1.165, 1.54) is 0 Å². The molecule has 0 saturated carbocycles. The lowest BCUT2D eigenvalue weighted by atomic mass is 10.2. The highest BCUT2D eigenvalue weighted by atomic mass is 19.1. The van der Waals surface area contributed by atoms with Gasteiger partial charge in [-0.05, 0) is 43.3 Å². The van der Waals surface area contributed by atoms with E-state index in [2.05, 4.69) is 10.4 Å². The largest absolute Gasteiger partial charge is 0.497 e. The molecular weight excluding hydrogens is 328 g/mol. The van der Waals surface area contributed by atoms with Gasteiger partial charge < -0.3 is 10.1 Å². The Balaban J connectivity index is 1.83. The average molecular weight is 343 g/mol. The number of hydrogen-bond donors (Lipinski definition) is 1. The minimum absolute atomic E-state index is 0.252. The smallest absolute Gasteiger partial charge is 0.259 e. The van der Waals surface area contributed by atoms with Gasteiger partial charge in [0.25, 0.3) is 5.91 Å². The van der Waals surface area contributed by atoms with Crippen LogP contribution < -0.4 is 10.1 Å². The van der Waals surface area contributed by atoms with Crippen molar-refractivity contribution in [1.29, 1.82) is 0 Å². The molecule has 2 aromatic carbocycles. The second kappa shape index (κ2) is 6.72. The third-order valence-corrected chi connectivity index (χ3v) is 3.62. The van der Waals surface area contributed by atoms with Crippen LogP contribution in [-0.4, -0.2) is 22.8 Å². The molecule has 0 aliphatic carbocycles. The Morgan fingerprint density at radius 1 is 1.12 bits per heavy atom. The molecule has 3 rings (SSSR count). The monoisotopic (exact) mass is 343 g/mol. The van der Waals surface area contributed by atoms with Crippen LogP contribution in [0.25, 0.3) is 5.69 Å². The fourth-order valence-corrected chi connectivity index (χ4v) is 2.38. The molecule has 5 nitrogen and oxygen atoms in total. The fourth-order valence-electron chi connectivity index (χ4n) is 2.38. The van der Waals surface area contributed by atoms with E-state index in [9.17, 15) is 13.6 Å². The Hall–Kier alpha value is -3.22. The van der Waals surface area contributed by atoms with E-state index >= 15 is 0 Å². The number of rotatable bonds is 4. The van der Waals surface area contributed by atoms with Crippen molar-refractivity contribution in [2.75, 3.05) is 12.4 Å². The van der Waals surface area contributed by atoms with E-state index in [0.717, 1.165) is 23.5 Å². The molecule has 1 N–H and O–H groups in total. The van der Waals surface area contributed by atoms with Crippen molar-refractivity contribution in [2.45, 2.75) is 6.92 Å². The lowest BCUT2D eigenvalue weighted by molar-refractivity contribution is 0.102. The molecule has 7 heteroatoms. The van der Waals surface area contributed by atoms with E-state index in [0.29, 0.717) is 11.8 Å². The minimum atomic E-state index is -0.927. The summed E-state index contributed by atoms with van der Waals surface area (Å²) in [4.78, 5) is 12.1. The summed E-state index contributed by atoms with van der Waals surface area (Å²) >= 11 is 0. The summed E-state index contributed by atoms with van der Waals surface area (Å²) in [5.41, 5.74) is 1.31. The van der Waals surface area contributed by atoms with Crippen LogP contribution in [0.15, 0.2) is 48.5 Å². The molecule has 0 bridgehead atoms. The number of anilines is 1. The van der Waals surface area contributed by atoms with Gasteiger partial charge in [-0.15, -0.1) is 5.10 Å². The molecule has 3 aromatic rings. The van der Waals surface area contributed by atoms with Crippen molar-refractivity contribution < 1.29 is 18.3 Å². The quantitative estimate of drug-likeness (QED) is 0.785. The molecule has 0 saturated heterocycles. The van der Waals surface area contributed by atoms with Crippen LogP contribution >= 0.6 is 0 Å². The van der Waals surface area contributed by atoms with Crippen molar-refractivity contribution >= 4 is 11.7 Å². The molecule has 0 spiro atoms. The van der Waals surface area contributed by atoms with Gasteiger partial charge in [-0.25, -0.2) is 13.5 Å². The zero-order valence-corrected chi connectivity index (χ0v) is 13.6. The van der Waals surface area contributed by atoms with Crippen LogP contribution in [-0.2, 0) is 0 Å². The summed E-state index contributed by atoms with van der Waals surface area (Å²) in [5, 5.41) is 6.81. The van der Waals surface area contributed by atoms with E-state index < -0.39 is 17.5 Å². The first kappa shape index (κ1) is 16.6. The van der Waals surface area contributed by atoms with Crippen molar-refractivity contribution in [3.8, 4) is 11.4 Å². The predicted molar refractivity (Wildman–Crippen MR) is 89.2 cm³/mol. The van der Waals surface area contributed by atoms with Crippen LogP contribution in [0, 0.1) is 18.6 Å². The molecule has 1 aromatic heterocycles. The topological polar surface area (TPSA) is 56.1 Å². The van der Waals surface area contributed by atoms with Crippen molar-refractivity contribution in [2.24, 2.45) is 0 Å². The van der Waals surface area contributed by atoms with E-state index in [1.54, 1.807) is 30.0 Å². The van der Waals surface area contributed by atoms with Crippen molar-refractivity contribution in [3.05, 3.63) is 71.4 Å². The number of methoxy groups -OCH3 is 1. The molecule has 0 radical (unpaired) electrons. The zero-order chi connectivity index (χ0) is 18.0. The molecule has 0 aliphatic heterocycles. The van der Waals surface area contributed by atoms with Crippen molar-refractivity contribution in [3.63, 3.8) is 0 Å². The number of nitrogens with one attached hydrogen (secondary N) is 1. The summed E-state index contributed by atoms with van der Waals surface area (Å²) in [7, 11) is 1.58. The highest BCUT2D eigenvalue weighted by Crippen LogP contribution is 2.19. The number of hydrogen-bond acceptors (Lipinski definition) is 3. The zero-order valence-electron chi connectivity index (χ0n) is 13.6. The second-order valence-corrected chi connectivity index (χ2v) is 5.36. The molecule has 0 fully saturated rings. The Morgan fingerprint density at radius 2 is 1.84 bits per heavy atom. The van der Waals surface area contributed by atoms with Crippen LogP contribution in [0.1, 0.15) is 16.1 Å². The third kappa shape index (κ3) is 3.50. The maximum Gasteiger partial charge on any atom is 0.259 e. The van der Waals surface area contributed by atoms with Gasteiger partial charge in [0.05, 0.1) is 18.4 Å². The first-order valence-electron chi connectivity index (χ1n) is 7.45. The van der Waals surface area contributed by atoms with Gasteiger partial charge in [0.2, 0.25) is 0 Å². The number of nitrogens with zero attached hydrogens (tertiary/aromatic N) is 2. The number of ether oxygens (including phenoxy) is 1. The van der Waals surface area contributed by atoms with Crippen LogP contribution in [0.2, 0.25) is 0 Å². The first-order valence-corrected chi connectivity index (χ1v) is 7.45. The number of amides is 1. The predicted octanol–water partition coefficient (Wildman–Crippen LogP) is 3.72. The average Bonchev–Trinajstić information content (AvgIpc) is 2.95. The van der Waals surface area contributed by atoms with Gasteiger partial charge in [-0.1, -0.05) is 0 Å². The van der Waals surface area contributed by atoms with Gasteiger partial charge >= 0.3 is 0 Å². The number of aromatic nitrogens is 2. The summed E-state index contributed by atoms with van der Waals surface area (Å²) < 4.78 is 33.4. The molecule has 0 aliphatic rings. The summed E-state index contributed by atoms with van der Waals surface area (Å²) in [5.74, 6) is -1.38. The summed E-state index contributed by atoms with van der Waals surface area (Å²) in [6.45, 7) is 1.82. The van der Waals surface area contributed by atoms with E-state index in [1.807, 2.05) is 19.1 Å². The van der Waals surface area contributed by atoms with Gasteiger partial charge in [-0.2, -0.15) is 0 Å². The van der Waals surface area contributed by atoms with Gasteiger partial charge in [0, 0.05) is 17.8 Å². The minimum Gasteiger partial charge on any atom is -0.497 e. The normalized spacial score (nSPS) is 10.6.